The second-order valence-electron chi connectivity index (χ2n) is 3.67. The molecule has 0 aliphatic carbocycles. The highest BCUT2D eigenvalue weighted by Gasteiger charge is 2.07. The molecule has 0 saturated carbocycles. The fourth-order valence-electron chi connectivity index (χ4n) is 1.47. The van der Waals surface area contributed by atoms with Crippen LogP contribution in [-0.2, 0) is 16.3 Å². The molecule has 3 N–H and O–H groups in total. The molecule has 0 fully saturated rings. The Balaban J connectivity index is 1.85. The van der Waals surface area contributed by atoms with Gasteiger partial charge >= 0.3 is 0 Å². The van der Waals surface area contributed by atoms with Gasteiger partial charge in [0.25, 0.3) is 0 Å². The van der Waals surface area contributed by atoms with Crippen LogP contribution in [0.4, 0.5) is 5.82 Å². The smallest absolute Gasteiger partial charge is 0.230 e. The van der Waals surface area contributed by atoms with Gasteiger partial charge in [-0.25, -0.2) is 15.0 Å². The van der Waals surface area contributed by atoms with E-state index in [4.69, 9.17) is 10.5 Å². The third-order valence-electron chi connectivity index (χ3n) is 2.35. The zero-order chi connectivity index (χ0) is 13.7. The van der Waals surface area contributed by atoms with Crippen molar-refractivity contribution in [1.29, 1.82) is 0 Å². The number of anilines is 1. The van der Waals surface area contributed by atoms with Gasteiger partial charge in [-0.3, -0.25) is 9.36 Å². The average Bonchev–Trinajstić information content (AvgIpc) is 2.83. The van der Waals surface area contributed by atoms with Crippen molar-refractivity contribution >= 4 is 38.8 Å². The fourth-order valence-corrected chi connectivity index (χ4v) is 1.66. The lowest BCUT2D eigenvalue weighted by Gasteiger charge is -2.06. The number of hydrogen-bond acceptors (Lipinski definition) is 6. The van der Waals surface area contributed by atoms with Crippen LogP contribution in [0.25, 0.3) is 11.2 Å². The molecule has 0 aliphatic rings. The number of fused-ring (bicyclic) bond motifs is 1. The second kappa shape index (κ2) is 6.43. The van der Waals surface area contributed by atoms with E-state index in [0.29, 0.717) is 30.1 Å². The number of imidazole rings is 1. The number of alkyl halides is 1. The number of ether oxygens (including phenoxy) is 1. The molecule has 2 aromatic rings. The molecule has 2 aromatic heterocycles. The fraction of sp³-hybridized carbons (Fsp3) is 0.400. The first-order valence-corrected chi connectivity index (χ1v) is 6.66. The van der Waals surface area contributed by atoms with Crippen molar-refractivity contribution in [1.82, 2.24) is 24.8 Å². The molecule has 2 rings (SSSR count). The number of carbonyl (C=O) groups excluding carboxylic acids is 1. The number of nitrogens with one attached hydrogen (secondary N) is 1. The predicted octanol–water partition coefficient (Wildman–Crippen LogP) is -0.106. The third-order valence-corrected chi connectivity index (χ3v) is 2.86. The molecule has 102 valence electrons. The van der Waals surface area contributed by atoms with E-state index in [2.05, 4.69) is 36.2 Å². The first-order valence-electron chi connectivity index (χ1n) is 5.54. The van der Waals surface area contributed by atoms with Gasteiger partial charge < -0.3 is 15.8 Å². The largest absolute Gasteiger partial charge is 0.382 e. The van der Waals surface area contributed by atoms with Crippen molar-refractivity contribution in [2.45, 2.75) is 6.73 Å². The highest BCUT2D eigenvalue weighted by molar-refractivity contribution is 9.09. The number of rotatable bonds is 6. The summed E-state index contributed by atoms with van der Waals surface area (Å²) in [6.45, 7) is 1.14. The molecular formula is C10H13BrN6O2. The van der Waals surface area contributed by atoms with E-state index in [1.807, 2.05) is 0 Å². The van der Waals surface area contributed by atoms with Gasteiger partial charge in [-0.05, 0) is 0 Å². The second-order valence-corrected chi connectivity index (χ2v) is 4.23. The molecule has 9 heteroatoms. The summed E-state index contributed by atoms with van der Waals surface area (Å²) >= 11 is 3.06. The van der Waals surface area contributed by atoms with Crippen LogP contribution < -0.4 is 11.1 Å². The van der Waals surface area contributed by atoms with Gasteiger partial charge in [0.05, 0.1) is 18.3 Å². The molecule has 0 spiro atoms. The maximum atomic E-state index is 11.0. The lowest BCUT2D eigenvalue weighted by Crippen LogP contribution is -2.28. The molecule has 0 atom stereocenters. The van der Waals surface area contributed by atoms with Gasteiger partial charge in [0.15, 0.2) is 11.5 Å². The maximum Gasteiger partial charge on any atom is 0.230 e. The zero-order valence-electron chi connectivity index (χ0n) is 10.0. The average molecular weight is 329 g/mol. The lowest BCUT2D eigenvalue weighted by atomic mass is 10.5. The van der Waals surface area contributed by atoms with Gasteiger partial charge in [-0.15, -0.1) is 0 Å². The van der Waals surface area contributed by atoms with Crippen LogP contribution in [0.5, 0.6) is 0 Å². The van der Waals surface area contributed by atoms with E-state index in [-0.39, 0.29) is 18.0 Å². The van der Waals surface area contributed by atoms with E-state index >= 15 is 0 Å². The number of amides is 1. The topological polar surface area (TPSA) is 108 Å². The summed E-state index contributed by atoms with van der Waals surface area (Å²) in [4.78, 5) is 23.0. The SMILES string of the molecule is Nc1ncnc2c1ncn2COCCNC(=O)CBr. The summed E-state index contributed by atoms with van der Waals surface area (Å²) in [5.41, 5.74) is 6.85. The van der Waals surface area contributed by atoms with Crippen molar-refractivity contribution in [3.05, 3.63) is 12.7 Å². The number of aromatic nitrogens is 4. The summed E-state index contributed by atoms with van der Waals surface area (Å²) in [5, 5.41) is 2.96. The predicted molar refractivity (Wildman–Crippen MR) is 72.5 cm³/mol. The Labute approximate surface area is 117 Å². The van der Waals surface area contributed by atoms with Crippen LogP contribution in [0.15, 0.2) is 12.7 Å². The zero-order valence-corrected chi connectivity index (χ0v) is 11.6. The number of carbonyl (C=O) groups is 1. The first kappa shape index (κ1) is 13.7. The van der Waals surface area contributed by atoms with E-state index in [0.717, 1.165) is 0 Å². The maximum absolute atomic E-state index is 11.0. The Hall–Kier alpha value is -1.74. The monoisotopic (exact) mass is 328 g/mol. The molecule has 8 nitrogen and oxygen atoms in total. The van der Waals surface area contributed by atoms with Crippen LogP contribution >= 0.6 is 15.9 Å². The highest BCUT2D eigenvalue weighted by Crippen LogP contribution is 2.13. The number of nitrogens with zero attached hydrogens (tertiary/aromatic N) is 4. The van der Waals surface area contributed by atoms with Crippen molar-refractivity contribution in [2.24, 2.45) is 0 Å². The van der Waals surface area contributed by atoms with E-state index < -0.39 is 0 Å². The summed E-state index contributed by atoms with van der Waals surface area (Å²) in [7, 11) is 0. The Kier molecular flexibility index (Phi) is 4.63. The quantitative estimate of drug-likeness (QED) is 0.566. The number of halogens is 1. The minimum atomic E-state index is -0.0720. The minimum absolute atomic E-state index is 0.0720. The van der Waals surface area contributed by atoms with Crippen molar-refractivity contribution in [3.63, 3.8) is 0 Å². The molecule has 0 radical (unpaired) electrons. The van der Waals surface area contributed by atoms with Crippen molar-refractivity contribution in [2.75, 3.05) is 24.2 Å². The molecular weight excluding hydrogens is 316 g/mol. The molecule has 0 bridgehead atoms. The van der Waals surface area contributed by atoms with Crippen LogP contribution in [0, 0.1) is 0 Å². The molecule has 1 amide bonds. The van der Waals surface area contributed by atoms with Crippen molar-refractivity contribution in [3.8, 4) is 0 Å². The van der Waals surface area contributed by atoms with Crippen LogP contribution in [0.1, 0.15) is 0 Å². The van der Waals surface area contributed by atoms with Crippen LogP contribution in [0.3, 0.4) is 0 Å². The minimum Gasteiger partial charge on any atom is -0.382 e. The standard InChI is InChI=1S/C10H13BrN6O2/c11-3-7(18)13-1-2-19-6-17-5-16-8-9(12)14-4-15-10(8)17/h4-5H,1-3,6H2,(H,13,18)(H2,12,14,15). The third kappa shape index (κ3) is 3.38. The number of nitrogen functional groups attached to an aromatic ring is 1. The summed E-state index contributed by atoms with van der Waals surface area (Å²) in [6, 6.07) is 0. The first-order chi connectivity index (χ1) is 9.22. The molecule has 19 heavy (non-hydrogen) atoms. The van der Waals surface area contributed by atoms with Gasteiger partial charge in [0.1, 0.15) is 18.6 Å². The van der Waals surface area contributed by atoms with Gasteiger partial charge in [-0.1, -0.05) is 15.9 Å². The normalized spacial score (nSPS) is 10.8. The van der Waals surface area contributed by atoms with Crippen LogP contribution in [0.2, 0.25) is 0 Å². The Morgan fingerprint density at radius 1 is 1.47 bits per heavy atom. The molecule has 0 aliphatic heterocycles. The van der Waals surface area contributed by atoms with Crippen molar-refractivity contribution < 1.29 is 9.53 Å². The number of hydrogen-bond donors (Lipinski definition) is 2. The Morgan fingerprint density at radius 3 is 3.11 bits per heavy atom. The molecule has 0 saturated heterocycles. The molecule has 0 aromatic carbocycles. The van der Waals surface area contributed by atoms with Gasteiger partial charge in [0, 0.05) is 6.54 Å². The van der Waals surface area contributed by atoms with E-state index in [9.17, 15) is 4.79 Å². The molecule has 2 heterocycles. The van der Waals surface area contributed by atoms with E-state index in [1.165, 1.54) is 6.33 Å². The number of nitrogens with two attached hydrogens (primary N) is 1. The van der Waals surface area contributed by atoms with Gasteiger partial charge in [-0.2, -0.15) is 0 Å². The summed E-state index contributed by atoms with van der Waals surface area (Å²) < 4.78 is 7.13. The molecule has 0 unspecified atom stereocenters. The van der Waals surface area contributed by atoms with E-state index in [1.54, 1.807) is 10.9 Å². The van der Waals surface area contributed by atoms with Crippen LogP contribution in [-0.4, -0.2) is 43.9 Å². The summed E-state index contributed by atoms with van der Waals surface area (Å²) in [6.07, 6.45) is 2.97. The lowest BCUT2D eigenvalue weighted by molar-refractivity contribution is -0.118. The van der Waals surface area contributed by atoms with Gasteiger partial charge in [0.2, 0.25) is 5.91 Å². The Morgan fingerprint density at radius 2 is 2.32 bits per heavy atom. The highest BCUT2D eigenvalue weighted by atomic mass is 79.9. The summed E-state index contributed by atoms with van der Waals surface area (Å²) in [5.74, 6) is 0.269. The Bertz CT molecular complexity index is 572.